The molecule has 0 fully saturated rings. The number of Topliss-reactive ketones (excluding diaryl/α,β-unsaturated/α-hetero) is 1. The van der Waals surface area contributed by atoms with Gasteiger partial charge in [0.1, 0.15) is 0 Å². The van der Waals surface area contributed by atoms with E-state index in [2.05, 4.69) is 6.92 Å². The van der Waals surface area contributed by atoms with Crippen LogP contribution in [0.25, 0.3) is 0 Å². The number of carbonyl (C=O) groups is 1. The Morgan fingerprint density at radius 2 is 2.06 bits per heavy atom. The Kier molecular flexibility index (Phi) is 5.51. The minimum Gasteiger partial charge on any atom is -0.383 e. The Bertz CT molecular complexity index is 415. The van der Waals surface area contributed by atoms with Crippen LogP contribution < -0.4 is 0 Å². The van der Waals surface area contributed by atoms with Crippen molar-refractivity contribution in [2.24, 2.45) is 0 Å². The van der Waals surface area contributed by atoms with Gasteiger partial charge in [-0.3, -0.25) is 9.69 Å². The van der Waals surface area contributed by atoms with Crippen LogP contribution in [0.3, 0.4) is 0 Å². The number of hydrogen-bond acceptors (Lipinski definition) is 3. The highest BCUT2D eigenvalue weighted by molar-refractivity contribution is 5.99. The van der Waals surface area contributed by atoms with Gasteiger partial charge >= 0.3 is 0 Å². The van der Waals surface area contributed by atoms with E-state index in [4.69, 9.17) is 4.74 Å². The van der Waals surface area contributed by atoms with Crippen molar-refractivity contribution in [3.8, 4) is 0 Å². The van der Waals surface area contributed by atoms with E-state index >= 15 is 0 Å². The van der Waals surface area contributed by atoms with Crippen LogP contribution >= 0.6 is 0 Å². The summed E-state index contributed by atoms with van der Waals surface area (Å²) in [4.78, 5) is 14.3. The van der Waals surface area contributed by atoms with Gasteiger partial charge in [0.05, 0.1) is 13.2 Å². The molecule has 0 aliphatic heterocycles. The quantitative estimate of drug-likeness (QED) is 0.725. The predicted molar refractivity (Wildman–Crippen MR) is 74.2 cm³/mol. The number of hydrogen-bond donors (Lipinski definition) is 0. The van der Waals surface area contributed by atoms with Crippen LogP contribution in [0.1, 0.15) is 28.4 Å². The van der Waals surface area contributed by atoms with Gasteiger partial charge in [0.15, 0.2) is 5.78 Å². The summed E-state index contributed by atoms with van der Waals surface area (Å²) < 4.78 is 5.10. The summed E-state index contributed by atoms with van der Waals surface area (Å²) in [5.41, 5.74) is 2.99. The van der Waals surface area contributed by atoms with Gasteiger partial charge in [-0.25, -0.2) is 0 Å². The Morgan fingerprint density at radius 1 is 1.39 bits per heavy atom. The van der Waals surface area contributed by atoms with Crippen LogP contribution in [0.5, 0.6) is 0 Å². The summed E-state index contributed by atoms with van der Waals surface area (Å²) in [5, 5.41) is 0. The van der Waals surface area contributed by atoms with Crippen LogP contribution in [-0.2, 0) is 4.74 Å². The van der Waals surface area contributed by atoms with Crippen LogP contribution in [-0.4, -0.2) is 44.0 Å². The Hall–Kier alpha value is -1.19. The second-order valence-corrected chi connectivity index (χ2v) is 4.96. The van der Waals surface area contributed by atoms with Crippen LogP contribution in [0.2, 0.25) is 0 Å². The molecule has 18 heavy (non-hydrogen) atoms. The van der Waals surface area contributed by atoms with Gasteiger partial charge in [0, 0.05) is 18.7 Å². The number of ether oxygens (including phenoxy) is 1. The second-order valence-electron chi connectivity index (χ2n) is 4.96. The highest BCUT2D eigenvalue weighted by atomic mass is 16.5. The lowest BCUT2D eigenvalue weighted by molar-refractivity contribution is 0.0840. The molecular formula is C15H23NO2. The Morgan fingerprint density at radius 3 is 2.67 bits per heavy atom. The van der Waals surface area contributed by atoms with Crippen molar-refractivity contribution in [2.45, 2.75) is 26.8 Å². The normalized spacial score (nSPS) is 12.8. The molecular weight excluding hydrogens is 226 g/mol. The lowest BCUT2D eigenvalue weighted by atomic mass is 10.0. The maximum Gasteiger partial charge on any atom is 0.177 e. The summed E-state index contributed by atoms with van der Waals surface area (Å²) in [6, 6.07) is 6.24. The van der Waals surface area contributed by atoms with Crippen molar-refractivity contribution in [3.05, 3.63) is 34.9 Å². The number of ketones is 1. The molecule has 0 bridgehead atoms. The van der Waals surface area contributed by atoms with Gasteiger partial charge in [0.25, 0.3) is 0 Å². The molecule has 0 spiro atoms. The monoisotopic (exact) mass is 249 g/mol. The molecule has 1 atom stereocenters. The lowest BCUT2D eigenvalue weighted by Crippen LogP contribution is -2.36. The molecule has 1 rings (SSSR count). The van der Waals surface area contributed by atoms with Gasteiger partial charge in [0.2, 0.25) is 0 Å². The number of aryl methyl sites for hydroxylation is 2. The topological polar surface area (TPSA) is 29.5 Å². The molecule has 0 aliphatic carbocycles. The number of rotatable bonds is 6. The lowest BCUT2D eigenvalue weighted by Gasteiger charge is -2.23. The minimum atomic E-state index is 0.168. The van der Waals surface area contributed by atoms with Crippen molar-refractivity contribution in [3.63, 3.8) is 0 Å². The highest BCUT2D eigenvalue weighted by Crippen LogP contribution is 2.12. The molecule has 0 amide bonds. The van der Waals surface area contributed by atoms with E-state index in [-0.39, 0.29) is 11.8 Å². The first-order valence-corrected chi connectivity index (χ1v) is 6.25. The largest absolute Gasteiger partial charge is 0.383 e. The summed E-state index contributed by atoms with van der Waals surface area (Å²) >= 11 is 0. The Balaban J connectivity index is 2.73. The fourth-order valence-electron chi connectivity index (χ4n) is 1.87. The standard InChI is InChI=1S/C15H23NO2/c1-11-6-7-12(2)14(8-11)15(17)9-16(4)13(3)10-18-5/h6-8,13H,9-10H2,1-5H3. The summed E-state index contributed by atoms with van der Waals surface area (Å²) in [5.74, 6) is 0.168. The molecule has 1 aromatic rings. The molecule has 100 valence electrons. The van der Waals surface area contributed by atoms with Gasteiger partial charge < -0.3 is 4.74 Å². The zero-order valence-corrected chi connectivity index (χ0v) is 12.0. The van der Waals surface area contributed by atoms with E-state index < -0.39 is 0 Å². The van der Waals surface area contributed by atoms with Gasteiger partial charge in [-0.2, -0.15) is 0 Å². The molecule has 1 unspecified atom stereocenters. The van der Waals surface area contributed by atoms with Gasteiger partial charge in [-0.15, -0.1) is 0 Å². The molecule has 0 aliphatic rings. The molecule has 0 saturated carbocycles. The van der Waals surface area contributed by atoms with Crippen LogP contribution in [0.15, 0.2) is 18.2 Å². The van der Waals surface area contributed by atoms with Crippen LogP contribution in [0, 0.1) is 13.8 Å². The van der Waals surface area contributed by atoms with E-state index in [9.17, 15) is 4.79 Å². The molecule has 0 aromatic heterocycles. The summed E-state index contributed by atoms with van der Waals surface area (Å²) in [6.07, 6.45) is 0. The highest BCUT2D eigenvalue weighted by Gasteiger charge is 2.15. The van der Waals surface area contributed by atoms with Gasteiger partial charge in [-0.05, 0) is 39.4 Å². The third kappa shape index (κ3) is 3.93. The fraction of sp³-hybridized carbons (Fsp3) is 0.533. The molecule has 3 nitrogen and oxygen atoms in total. The third-order valence-electron chi connectivity index (χ3n) is 3.25. The number of methoxy groups -OCH3 is 1. The molecule has 0 saturated heterocycles. The van der Waals surface area contributed by atoms with Crippen molar-refractivity contribution in [2.75, 3.05) is 27.3 Å². The SMILES string of the molecule is COCC(C)N(C)CC(=O)c1cc(C)ccc1C. The number of likely N-dealkylation sites (N-methyl/N-ethyl adjacent to an activating group) is 1. The first-order valence-electron chi connectivity index (χ1n) is 6.25. The summed E-state index contributed by atoms with van der Waals surface area (Å²) in [6.45, 7) is 7.10. The second kappa shape index (κ2) is 6.66. The summed E-state index contributed by atoms with van der Waals surface area (Å²) in [7, 11) is 3.63. The van der Waals surface area contributed by atoms with E-state index in [0.717, 1.165) is 16.7 Å². The predicted octanol–water partition coefficient (Wildman–Crippen LogP) is 2.45. The zero-order chi connectivity index (χ0) is 13.7. The number of carbonyl (C=O) groups excluding carboxylic acids is 1. The maximum atomic E-state index is 12.3. The average molecular weight is 249 g/mol. The molecule has 3 heteroatoms. The van der Waals surface area contributed by atoms with Crippen molar-refractivity contribution in [1.29, 1.82) is 0 Å². The van der Waals surface area contributed by atoms with E-state index in [1.165, 1.54) is 0 Å². The smallest absolute Gasteiger partial charge is 0.177 e. The van der Waals surface area contributed by atoms with Crippen LogP contribution in [0.4, 0.5) is 0 Å². The van der Waals surface area contributed by atoms with Crippen molar-refractivity contribution in [1.82, 2.24) is 4.90 Å². The maximum absolute atomic E-state index is 12.3. The van der Waals surface area contributed by atoms with Crippen molar-refractivity contribution < 1.29 is 9.53 Å². The number of nitrogens with zero attached hydrogens (tertiary/aromatic N) is 1. The zero-order valence-electron chi connectivity index (χ0n) is 12.0. The first-order chi connectivity index (χ1) is 8.45. The molecule has 0 radical (unpaired) electrons. The molecule has 0 heterocycles. The van der Waals surface area contributed by atoms with Crippen molar-refractivity contribution >= 4 is 5.78 Å². The Labute approximate surface area is 110 Å². The van der Waals surface area contributed by atoms with E-state index in [0.29, 0.717) is 13.2 Å². The minimum absolute atomic E-state index is 0.168. The molecule has 1 aromatic carbocycles. The van der Waals surface area contributed by atoms with E-state index in [1.807, 2.05) is 44.0 Å². The van der Waals surface area contributed by atoms with Gasteiger partial charge in [-0.1, -0.05) is 17.7 Å². The average Bonchev–Trinajstić information content (AvgIpc) is 2.32. The number of benzene rings is 1. The fourth-order valence-corrected chi connectivity index (χ4v) is 1.87. The third-order valence-corrected chi connectivity index (χ3v) is 3.25. The first kappa shape index (κ1) is 14.9. The molecule has 0 N–H and O–H groups in total. The van der Waals surface area contributed by atoms with E-state index in [1.54, 1.807) is 7.11 Å².